The Labute approximate surface area is 129 Å². The normalized spacial score (nSPS) is 10.5. The predicted molar refractivity (Wildman–Crippen MR) is 82.9 cm³/mol. The fourth-order valence-corrected chi connectivity index (χ4v) is 2.40. The van der Waals surface area contributed by atoms with Crippen LogP contribution in [0, 0.1) is 0 Å². The Morgan fingerprint density at radius 3 is 2.67 bits per heavy atom. The number of fused-ring (bicyclic) bond motifs is 1. The van der Waals surface area contributed by atoms with Gasteiger partial charge in [0.1, 0.15) is 11.3 Å². The van der Waals surface area contributed by atoms with Gasteiger partial charge in [-0.3, -0.25) is 4.98 Å². The third-order valence-corrected chi connectivity index (χ3v) is 3.51. The number of pyridine rings is 1. The topological polar surface area (TPSA) is 59.4 Å². The maximum atomic E-state index is 11.1. The van der Waals surface area contributed by atoms with Gasteiger partial charge in [0.25, 0.3) is 0 Å². The van der Waals surface area contributed by atoms with E-state index in [9.17, 15) is 4.79 Å². The van der Waals surface area contributed by atoms with Gasteiger partial charge in [0.15, 0.2) is 5.75 Å². The Kier molecular flexibility index (Phi) is 3.58. The summed E-state index contributed by atoms with van der Waals surface area (Å²) >= 11 is 3.43. The molecule has 104 valence electrons. The third-order valence-electron chi connectivity index (χ3n) is 3.02. The Bertz CT molecular complexity index is 833. The SMILES string of the molecule is O=C(O)c1ccncc1Oc1ccc2cc(Br)ccc2c1. The number of hydrogen-bond acceptors (Lipinski definition) is 3. The lowest BCUT2D eigenvalue weighted by Gasteiger charge is -2.09. The summed E-state index contributed by atoms with van der Waals surface area (Å²) in [6.45, 7) is 0. The van der Waals surface area contributed by atoms with Gasteiger partial charge in [-0.1, -0.05) is 28.1 Å². The van der Waals surface area contributed by atoms with Crippen LogP contribution in [0.5, 0.6) is 11.5 Å². The molecule has 1 heterocycles. The summed E-state index contributed by atoms with van der Waals surface area (Å²) in [5.74, 6) is -0.251. The molecule has 5 heteroatoms. The minimum atomic E-state index is -1.04. The number of carboxylic acids is 1. The number of ether oxygens (including phenoxy) is 1. The van der Waals surface area contributed by atoms with Crippen molar-refractivity contribution in [3.63, 3.8) is 0 Å². The smallest absolute Gasteiger partial charge is 0.339 e. The first-order valence-corrected chi connectivity index (χ1v) is 6.97. The van der Waals surface area contributed by atoms with E-state index in [0.717, 1.165) is 15.2 Å². The van der Waals surface area contributed by atoms with Crippen LogP contribution < -0.4 is 4.74 Å². The van der Waals surface area contributed by atoms with E-state index in [2.05, 4.69) is 20.9 Å². The van der Waals surface area contributed by atoms with Crippen LogP contribution in [0.15, 0.2) is 59.3 Å². The summed E-state index contributed by atoms with van der Waals surface area (Å²) in [5.41, 5.74) is 0.0842. The van der Waals surface area contributed by atoms with E-state index >= 15 is 0 Å². The lowest BCUT2D eigenvalue weighted by atomic mass is 10.1. The molecular weight excluding hydrogens is 334 g/mol. The average molecular weight is 344 g/mol. The van der Waals surface area contributed by atoms with Gasteiger partial charge in [-0.15, -0.1) is 0 Å². The molecular formula is C16H10BrNO3. The van der Waals surface area contributed by atoms with Crippen molar-refractivity contribution in [2.24, 2.45) is 0 Å². The molecule has 3 aromatic rings. The molecule has 0 saturated carbocycles. The maximum Gasteiger partial charge on any atom is 0.339 e. The van der Waals surface area contributed by atoms with E-state index in [0.29, 0.717) is 5.75 Å². The second-order valence-corrected chi connectivity index (χ2v) is 5.35. The molecule has 0 aliphatic rings. The summed E-state index contributed by atoms with van der Waals surface area (Å²) in [4.78, 5) is 15.1. The van der Waals surface area contributed by atoms with Crippen molar-refractivity contribution in [3.8, 4) is 11.5 Å². The molecule has 0 aliphatic carbocycles. The first-order valence-electron chi connectivity index (χ1n) is 6.18. The lowest BCUT2D eigenvalue weighted by molar-refractivity contribution is 0.0694. The molecule has 0 spiro atoms. The number of aromatic nitrogens is 1. The van der Waals surface area contributed by atoms with Crippen LogP contribution in [-0.4, -0.2) is 16.1 Å². The molecule has 0 amide bonds. The molecule has 0 bridgehead atoms. The van der Waals surface area contributed by atoms with E-state index in [1.165, 1.54) is 18.5 Å². The minimum Gasteiger partial charge on any atom is -0.478 e. The number of carboxylic acid groups (broad SMARTS) is 1. The van der Waals surface area contributed by atoms with E-state index < -0.39 is 5.97 Å². The van der Waals surface area contributed by atoms with Gasteiger partial charge in [0.2, 0.25) is 0 Å². The summed E-state index contributed by atoms with van der Waals surface area (Å²) < 4.78 is 6.66. The number of benzene rings is 2. The quantitative estimate of drug-likeness (QED) is 0.761. The summed E-state index contributed by atoms with van der Waals surface area (Å²) in [7, 11) is 0. The van der Waals surface area contributed by atoms with Crippen LogP contribution in [0.2, 0.25) is 0 Å². The molecule has 1 N–H and O–H groups in total. The summed E-state index contributed by atoms with van der Waals surface area (Å²) in [5, 5.41) is 11.2. The number of rotatable bonds is 3. The number of nitrogens with zero attached hydrogens (tertiary/aromatic N) is 1. The molecule has 3 rings (SSSR count). The van der Waals surface area contributed by atoms with E-state index in [4.69, 9.17) is 9.84 Å². The molecule has 0 fully saturated rings. The van der Waals surface area contributed by atoms with Gasteiger partial charge < -0.3 is 9.84 Å². The first kappa shape index (κ1) is 13.6. The second-order valence-electron chi connectivity index (χ2n) is 4.43. The highest BCUT2D eigenvalue weighted by Crippen LogP contribution is 2.28. The van der Waals surface area contributed by atoms with Crippen LogP contribution in [0.25, 0.3) is 10.8 Å². The Hall–Kier alpha value is -2.40. The van der Waals surface area contributed by atoms with Crippen LogP contribution in [0.3, 0.4) is 0 Å². The van der Waals surface area contributed by atoms with Crippen molar-refractivity contribution in [2.45, 2.75) is 0 Å². The molecule has 1 aromatic heterocycles. The fourth-order valence-electron chi connectivity index (χ4n) is 2.02. The number of aromatic carboxylic acids is 1. The van der Waals surface area contributed by atoms with Gasteiger partial charge in [0.05, 0.1) is 6.20 Å². The molecule has 0 unspecified atom stereocenters. The Balaban J connectivity index is 1.99. The highest BCUT2D eigenvalue weighted by atomic mass is 79.9. The number of halogens is 1. The molecule has 0 aliphatic heterocycles. The molecule has 0 radical (unpaired) electrons. The molecule has 0 atom stereocenters. The van der Waals surface area contributed by atoms with Crippen molar-refractivity contribution in [1.29, 1.82) is 0 Å². The Morgan fingerprint density at radius 1 is 1.10 bits per heavy atom. The Morgan fingerprint density at radius 2 is 1.86 bits per heavy atom. The van der Waals surface area contributed by atoms with Gasteiger partial charge in [0, 0.05) is 10.7 Å². The van der Waals surface area contributed by atoms with Gasteiger partial charge in [-0.05, 0) is 41.1 Å². The lowest BCUT2D eigenvalue weighted by Crippen LogP contribution is -2.00. The van der Waals surface area contributed by atoms with Crippen LogP contribution in [0.4, 0.5) is 0 Å². The monoisotopic (exact) mass is 343 g/mol. The zero-order chi connectivity index (χ0) is 14.8. The van der Waals surface area contributed by atoms with E-state index in [-0.39, 0.29) is 11.3 Å². The molecule has 21 heavy (non-hydrogen) atoms. The summed E-state index contributed by atoms with van der Waals surface area (Å²) in [6, 6.07) is 12.9. The number of hydrogen-bond donors (Lipinski definition) is 1. The average Bonchev–Trinajstić information content (AvgIpc) is 2.48. The van der Waals surface area contributed by atoms with Crippen LogP contribution in [-0.2, 0) is 0 Å². The maximum absolute atomic E-state index is 11.1. The van der Waals surface area contributed by atoms with Crippen molar-refractivity contribution < 1.29 is 14.6 Å². The van der Waals surface area contributed by atoms with Crippen molar-refractivity contribution >= 4 is 32.7 Å². The largest absolute Gasteiger partial charge is 0.478 e. The molecule has 2 aromatic carbocycles. The van der Waals surface area contributed by atoms with Crippen LogP contribution in [0.1, 0.15) is 10.4 Å². The standard InChI is InChI=1S/C16H10BrNO3/c17-12-3-1-11-8-13(4-2-10(11)7-12)21-15-9-18-6-5-14(15)16(19)20/h1-9H,(H,19,20). The van der Waals surface area contributed by atoms with Gasteiger partial charge in [-0.2, -0.15) is 0 Å². The highest BCUT2D eigenvalue weighted by molar-refractivity contribution is 9.10. The van der Waals surface area contributed by atoms with Crippen LogP contribution >= 0.6 is 15.9 Å². The van der Waals surface area contributed by atoms with E-state index in [1.54, 1.807) is 6.07 Å². The third kappa shape index (κ3) is 2.87. The fraction of sp³-hybridized carbons (Fsp3) is 0. The number of carbonyl (C=O) groups is 1. The molecule has 4 nitrogen and oxygen atoms in total. The van der Waals surface area contributed by atoms with Gasteiger partial charge >= 0.3 is 5.97 Å². The first-order chi connectivity index (χ1) is 10.1. The zero-order valence-corrected chi connectivity index (χ0v) is 12.4. The van der Waals surface area contributed by atoms with E-state index in [1.807, 2.05) is 30.3 Å². The second kappa shape index (κ2) is 5.54. The van der Waals surface area contributed by atoms with Gasteiger partial charge in [-0.25, -0.2) is 4.79 Å². The van der Waals surface area contributed by atoms with Crippen molar-refractivity contribution in [1.82, 2.24) is 4.98 Å². The van der Waals surface area contributed by atoms with Crippen molar-refractivity contribution in [2.75, 3.05) is 0 Å². The van der Waals surface area contributed by atoms with Crippen molar-refractivity contribution in [3.05, 3.63) is 64.9 Å². The minimum absolute atomic E-state index is 0.0842. The molecule has 0 saturated heterocycles. The highest BCUT2D eigenvalue weighted by Gasteiger charge is 2.11. The summed E-state index contributed by atoms with van der Waals surface area (Å²) in [6.07, 6.45) is 2.82. The predicted octanol–water partition coefficient (Wildman–Crippen LogP) is 4.49. The zero-order valence-electron chi connectivity index (χ0n) is 10.8.